The van der Waals surface area contributed by atoms with Gasteiger partial charge in [-0.3, -0.25) is 4.90 Å². The molecule has 124 valence electrons. The third-order valence-electron chi connectivity index (χ3n) is 4.41. The molecule has 0 spiro atoms. The molecule has 2 aliphatic rings. The summed E-state index contributed by atoms with van der Waals surface area (Å²) in [7, 11) is 1.28. The lowest BCUT2D eigenvalue weighted by Gasteiger charge is -2.44. The summed E-state index contributed by atoms with van der Waals surface area (Å²) in [5.74, 6) is -0.0112. The van der Waals surface area contributed by atoms with Gasteiger partial charge in [-0.25, -0.2) is 14.6 Å². The summed E-state index contributed by atoms with van der Waals surface area (Å²) in [6, 6.07) is 1.38. The van der Waals surface area contributed by atoms with Gasteiger partial charge in [0.2, 0.25) is 5.95 Å². The molecule has 3 rings (SSSR count). The molecule has 0 aliphatic carbocycles. The molecule has 3 heterocycles. The second-order valence-electron chi connectivity index (χ2n) is 5.68. The van der Waals surface area contributed by atoms with Crippen molar-refractivity contribution in [3.63, 3.8) is 0 Å². The molecule has 2 saturated heterocycles. The summed E-state index contributed by atoms with van der Waals surface area (Å²) in [4.78, 5) is 35.6. The quantitative estimate of drug-likeness (QED) is 0.790. The monoisotopic (exact) mass is 321 g/mol. The van der Waals surface area contributed by atoms with E-state index in [1.54, 1.807) is 4.90 Å². The second-order valence-corrected chi connectivity index (χ2v) is 5.68. The van der Waals surface area contributed by atoms with Crippen LogP contribution in [0, 0.1) is 0 Å². The molecular formula is C14H19N5O4. The zero-order valence-electron chi connectivity index (χ0n) is 13.1. The van der Waals surface area contributed by atoms with Gasteiger partial charge in [0.15, 0.2) is 5.69 Å². The summed E-state index contributed by atoms with van der Waals surface area (Å²) in [6.07, 6.45) is 0.469. The van der Waals surface area contributed by atoms with Crippen LogP contribution in [-0.4, -0.2) is 65.8 Å². The Morgan fingerprint density at radius 2 is 2.26 bits per heavy atom. The molecular weight excluding hydrogens is 302 g/mol. The maximum absolute atomic E-state index is 11.8. The molecule has 1 aromatic rings. The number of nitrogens with two attached hydrogens (primary N) is 1. The minimum absolute atomic E-state index is 0.113. The molecule has 0 saturated carbocycles. The fourth-order valence-corrected chi connectivity index (χ4v) is 3.04. The standard InChI is InChI=1S/C14H19N5O4/c1-3-14-7-18(4-5-19(14)13(21)23-8-14)12-16-9(11(20)22-2)6-10(15)17-12/h6H,3-5,7-8H2,1-2H3,(H2,15,16,17). The lowest BCUT2D eigenvalue weighted by atomic mass is 9.93. The molecule has 0 aromatic carbocycles. The topological polar surface area (TPSA) is 111 Å². The Kier molecular flexibility index (Phi) is 3.70. The van der Waals surface area contributed by atoms with Gasteiger partial charge in [-0.1, -0.05) is 6.92 Å². The first-order valence-corrected chi connectivity index (χ1v) is 7.41. The summed E-state index contributed by atoms with van der Waals surface area (Å²) >= 11 is 0. The van der Waals surface area contributed by atoms with Gasteiger partial charge in [-0.15, -0.1) is 0 Å². The van der Waals surface area contributed by atoms with E-state index in [9.17, 15) is 9.59 Å². The van der Waals surface area contributed by atoms with Crippen LogP contribution in [0.25, 0.3) is 0 Å². The highest BCUT2D eigenvalue weighted by molar-refractivity contribution is 5.88. The predicted octanol–water partition coefficient (Wildman–Crippen LogP) is 0.266. The molecule has 0 bridgehead atoms. The van der Waals surface area contributed by atoms with Crippen LogP contribution in [0.3, 0.4) is 0 Å². The van der Waals surface area contributed by atoms with E-state index < -0.39 is 11.5 Å². The highest BCUT2D eigenvalue weighted by Crippen LogP contribution is 2.33. The SMILES string of the molecule is CCC12COC(=O)N1CCN(c1nc(N)cc(C(=O)OC)n1)C2. The van der Waals surface area contributed by atoms with Gasteiger partial charge in [-0.2, -0.15) is 4.98 Å². The number of nitrogen functional groups attached to an aromatic ring is 1. The van der Waals surface area contributed by atoms with E-state index in [4.69, 9.17) is 10.5 Å². The van der Waals surface area contributed by atoms with Crippen molar-refractivity contribution in [2.45, 2.75) is 18.9 Å². The largest absolute Gasteiger partial charge is 0.464 e. The number of aromatic nitrogens is 2. The summed E-state index contributed by atoms with van der Waals surface area (Å²) in [6.45, 7) is 3.93. The molecule has 1 aromatic heterocycles. The van der Waals surface area contributed by atoms with Crippen LogP contribution < -0.4 is 10.6 Å². The van der Waals surface area contributed by atoms with Crippen molar-refractivity contribution in [2.75, 3.05) is 44.0 Å². The zero-order chi connectivity index (χ0) is 16.6. The van der Waals surface area contributed by atoms with Gasteiger partial charge >= 0.3 is 12.1 Å². The van der Waals surface area contributed by atoms with E-state index in [2.05, 4.69) is 14.7 Å². The Labute approximate surface area is 133 Å². The number of hydrogen-bond acceptors (Lipinski definition) is 8. The fraction of sp³-hybridized carbons (Fsp3) is 0.571. The predicted molar refractivity (Wildman–Crippen MR) is 81.1 cm³/mol. The molecule has 2 fully saturated rings. The lowest BCUT2D eigenvalue weighted by molar-refractivity contribution is 0.0594. The second kappa shape index (κ2) is 5.56. The minimum Gasteiger partial charge on any atom is -0.464 e. The lowest BCUT2D eigenvalue weighted by Crippen LogP contribution is -2.61. The molecule has 2 aliphatic heterocycles. The summed E-state index contributed by atoms with van der Waals surface area (Å²) in [5.41, 5.74) is 5.50. The molecule has 9 nitrogen and oxygen atoms in total. The third-order valence-corrected chi connectivity index (χ3v) is 4.41. The van der Waals surface area contributed by atoms with E-state index in [0.29, 0.717) is 32.2 Å². The average molecular weight is 321 g/mol. The van der Waals surface area contributed by atoms with Crippen LogP contribution in [0.1, 0.15) is 23.8 Å². The maximum atomic E-state index is 11.8. The molecule has 23 heavy (non-hydrogen) atoms. The first-order chi connectivity index (χ1) is 11.0. The summed E-state index contributed by atoms with van der Waals surface area (Å²) in [5, 5.41) is 0. The number of amides is 1. The van der Waals surface area contributed by atoms with Crippen molar-refractivity contribution < 1.29 is 19.1 Å². The number of methoxy groups -OCH3 is 1. The van der Waals surface area contributed by atoms with E-state index in [1.165, 1.54) is 13.2 Å². The van der Waals surface area contributed by atoms with E-state index in [1.807, 2.05) is 11.8 Å². The van der Waals surface area contributed by atoms with Crippen LogP contribution in [0.5, 0.6) is 0 Å². The minimum atomic E-state index is -0.566. The van der Waals surface area contributed by atoms with E-state index >= 15 is 0 Å². The fourth-order valence-electron chi connectivity index (χ4n) is 3.04. The first kappa shape index (κ1) is 15.3. The van der Waals surface area contributed by atoms with Crippen LogP contribution in [0.4, 0.5) is 16.6 Å². The van der Waals surface area contributed by atoms with Crippen LogP contribution >= 0.6 is 0 Å². The van der Waals surface area contributed by atoms with Crippen LogP contribution in [0.2, 0.25) is 0 Å². The van der Waals surface area contributed by atoms with Gasteiger partial charge in [0, 0.05) is 25.7 Å². The van der Waals surface area contributed by atoms with Crippen molar-refractivity contribution in [1.29, 1.82) is 0 Å². The van der Waals surface area contributed by atoms with Crippen LogP contribution in [0.15, 0.2) is 6.07 Å². The smallest absolute Gasteiger partial charge is 0.410 e. The number of esters is 1. The number of rotatable bonds is 3. The molecule has 1 unspecified atom stereocenters. The number of carbonyl (C=O) groups excluding carboxylic acids is 2. The normalized spacial score (nSPS) is 23.5. The van der Waals surface area contributed by atoms with Crippen LogP contribution in [-0.2, 0) is 9.47 Å². The summed E-state index contributed by atoms with van der Waals surface area (Å²) < 4.78 is 9.88. The van der Waals surface area contributed by atoms with E-state index in [0.717, 1.165) is 6.42 Å². The van der Waals surface area contributed by atoms with E-state index in [-0.39, 0.29) is 17.6 Å². The molecule has 1 amide bonds. The number of ether oxygens (including phenoxy) is 2. The number of hydrogen-bond donors (Lipinski definition) is 1. The Balaban J connectivity index is 1.90. The Morgan fingerprint density at radius 1 is 1.48 bits per heavy atom. The molecule has 1 atom stereocenters. The number of fused-ring (bicyclic) bond motifs is 1. The van der Waals surface area contributed by atoms with Gasteiger partial charge in [0.05, 0.1) is 12.6 Å². The van der Waals surface area contributed by atoms with Gasteiger partial charge < -0.3 is 20.1 Å². The Hall–Kier alpha value is -2.58. The number of anilines is 2. The first-order valence-electron chi connectivity index (χ1n) is 7.41. The highest BCUT2D eigenvalue weighted by atomic mass is 16.6. The zero-order valence-corrected chi connectivity index (χ0v) is 13.1. The number of nitrogens with zero attached hydrogens (tertiary/aromatic N) is 4. The number of carbonyl (C=O) groups is 2. The van der Waals surface area contributed by atoms with Crippen molar-refractivity contribution in [3.8, 4) is 0 Å². The third kappa shape index (κ3) is 2.51. The number of cyclic esters (lactones) is 1. The van der Waals surface area contributed by atoms with Gasteiger partial charge in [-0.05, 0) is 6.42 Å². The molecule has 0 radical (unpaired) electrons. The van der Waals surface area contributed by atoms with Gasteiger partial charge in [0.25, 0.3) is 0 Å². The number of piperazine rings is 1. The van der Waals surface area contributed by atoms with Crippen molar-refractivity contribution in [1.82, 2.24) is 14.9 Å². The van der Waals surface area contributed by atoms with Crippen molar-refractivity contribution in [2.24, 2.45) is 0 Å². The average Bonchev–Trinajstić information content (AvgIpc) is 2.90. The Bertz CT molecular complexity index is 652. The van der Waals surface area contributed by atoms with Crippen molar-refractivity contribution >= 4 is 23.8 Å². The molecule has 9 heteroatoms. The maximum Gasteiger partial charge on any atom is 0.410 e. The van der Waals surface area contributed by atoms with Crippen molar-refractivity contribution in [3.05, 3.63) is 11.8 Å². The Morgan fingerprint density at radius 3 is 2.96 bits per heavy atom. The molecule has 2 N–H and O–H groups in total. The van der Waals surface area contributed by atoms with Gasteiger partial charge in [0.1, 0.15) is 12.4 Å². The highest BCUT2D eigenvalue weighted by Gasteiger charge is 2.50.